The molecule has 0 spiro atoms. The van der Waals surface area contributed by atoms with Gasteiger partial charge in [-0.2, -0.15) is 0 Å². The highest BCUT2D eigenvalue weighted by atomic mass is 79.9. The molecule has 1 saturated heterocycles. The van der Waals surface area contributed by atoms with Crippen molar-refractivity contribution < 1.29 is 0 Å². The molecule has 3 nitrogen and oxygen atoms in total. The minimum atomic E-state index is 0.650. The zero-order valence-electron chi connectivity index (χ0n) is 11.9. The zero-order valence-corrected chi connectivity index (χ0v) is 13.5. The van der Waals surface area contributed by atoms with Crippen molar-refractivity contribution in [2.45, 2.75) is 19.4 Å². The van der Waals surface area contributed by atoms with E-state index in [2.05, 4.69) is 69.3 Å². The topological polar surface area (TPSA) is 18.5 Å². The van der Waals surface area contributed by atoms with E-state index in [1.54, 1.807) is 0 Å². The zero-order chi connectivity index (χ0) is 13.7. The Bertz CT molecular complexity index is 397. The van der Waals surface area contributed by atoms with Crippen molar-refractivity contribution >= 4 is 21.6 Å². The third kappa shape index (κ3) is 4.79. The molecule has 19 heavy (non-hydrogen) atoms. The predicted octanol–water partition coefficient (Wildman–Crippen LogP) is 2.89. The summed E-state index contributed by atoms with van der Waals surface area (Å²) in [4.78, 5) is 5.03. The third-order valence-corrected chi connectivity index (χ3v) is 4.23. The highest BCUT2D eigenvalue weighted by Crippen LogP contribution is 2.15. The minimum Gasteiger partial charge on any atom is -0.384 e. The quantitative estimate of drug-likeness (QED) is 0.918. The van der Waals surface area contributed by atoms with Gasteiger partial charge in [-0.25, -0.2) is 0 Å². The molecule has 1 unspecified atom stereocenters. The van der Waals surface area contributed by atoms with E-state index >= 15 is 0 Å². The highest BCUT2D eigenvalue weighted by Gasteiger charge is 2.18. The predicted molar refractivity (Wildman–Crippen MR) is 85.8 cm³/mol. The van der Waals surface area contributed by atoms with E-state index in [0.29, 0.717) is 6.04 Å². The van der Waals surface area contributed by atoms with Crippen molar-refractivity contribution in [3.63, 3.8) is 0 Å². The summed E-state index contributed by atoms with van der Waals surface area (Å²) < 4.78 is 1.13. The second-order valence-corrected chi connectivity index (χ2v) is 6.35. The largest absolute Gasteiger partial charge is 0.384 e. The first-order valence-electron chi connectivity index (χ1n) is 7.07. The summed E-state index contributed by atoms with van der Waals surface area (Å²) in [6.45, 7) is 8.06. The Labute approximate surface area is 125 Å². The van der Waals surface area contributed by atoms with E-state index in [9.17, 15) is 0 Å². The number of likely N-dealkylation sites (N-methyl/N-ethyl adjacent to an activating group) is 1. The summed E-state index contributed by atoms with van der Waals surface area (Å²) >= 11 is 3.50. The maximum atomic E-state index is 3.50. The van der Waals surface area contributed by atoms with E-state index in [1.807, 2.05) is 0 Å². The maximum absolute atomic E-state index is 3.50. The molecule has 1 aliphatic heterocycles. The average molecular weight is 326 g/mol. The van der Waals surface area contributed by atoms with Crippen LogP contribution in [0.2, 0.25) is 0 Å². The molecular weight excluding hydrogens is 302 g/mol. The van der Waals surface area contributed by atoms with Crippen LogP contribution in [0.15, 0.2) is 28.7 Å². The van der Waals surface area contributed by atoms with Crippen LogP contribution in [0.25, 0.3) is 0 Å². The van der Waals surface area contributed by atoms with E-state index < -0.39 is 0 Å². The van der Waals surface area contributed by atoms with Gasteiger partial charge in [0.15, 0.2) is 0 Å². The van der Waals surface area contributed by atoms with Crippen molar-refractivity contribution in [3.05, 3.63) is 28.7 Å². The fraction of sp³-hybridized carbons (Fsp3) is 0.600. The maximum Gasteiger partial charge on any atom is 0.0351 e. The molecule has 1 aromatic carbocycles. The minimum absolute atomic E-state index is 0.650. The SMILES string of the molecule is CC1CN(C)CCCN1CCNc1cccc(Br)c1. The Kier molecular flexibility index (Phi) is 5.67. The summed E-state index contributed by atoms with van der Waals surface area (Å²) in [7, 11) is 2.22. The Morgan fingerprint density at radius 1 is 1.37 bits per heavy atom. The molecule has 0 saturated carbocycles. The summed E-state index contributed by atoms with van der Waals surface area (Å²) in [5, 5.41) is 3.50. The monoisotopic (exact) mass is 325 g/mol. The molecule has 4 heteroatoms. The van der Waals surface area contributed by atoms with Gasteiger partial charge in [0, 0.05) is 35.8 Å². The number of nitrogens with zero attached hydrogens (tertiary/aromatic N) is 2. The van der Waals surface area contributed by atoms with Gasteiger partial charge in [0.1, 0.15) is 0 Å². The van der Waals surface area contributed by atoms with E-state index in [-0.39, 0.29) is 0 Å². The lowest BCUT2D eigenvalue weighted by Gasteiger charge is -2.28. The number of anilines is 1. The standard InChI is InChI=1S/C15H24BrN3/c1-13-12-18(2)8-4-9-19(13)10-7-17-15-6-3-5-14(16)11-15/h3,5-6,11,13,17H,4,7-10,12H2,1-2H3. The van der Waals surface area contributed by atoms with Crippen LogP contribution in [0.3, 0.4) is 0 Å². The van der Waals surface area contributed by atoms with Crippen LogP contribution in [0.1, 0.15) is 13.3 Å². The number of benzene rings is 1. The van der Waals surface area contributed by atoms with Crippen LogP contribution < -0.4 is 5.32 Å². The molecule has 0 bridgehead atoms. The first kappa shape index (κ1) is 14.8. The van der Waals surface area contributed by atoms with Crippen LogP contribution in [0, 0.1) is 0 Å². The molecule has 1 aliphatic rings. The molecule has 1 heterocycles. The van der Waals surface area contributed by atoms with Crippen LogP contribution in [0.4, 0.5) is 5.69 Å². The summed E-state index contributed by atoms with van der Waals surface area (Å²) in [6.07, 6.45) is 1.28. The number of hydrogen-bond acceptors (Lipinski definition) is 3. The summed E-state index contributed by atoms with van der Waals surface area (Å²) in [5.41, 5.74) is 1.19. The Morgan fingerprint density at radius 2 is 2.21 bits per heavy atom. The molecule has 2 rings (SSSR count). The van der Waals surface area contributed by atoms with Crippen molar-refractivity contribution in [3.8, 4) is 0 Å². The van der Waals surface area contributed by atoms with Crippen LogP contribution in [-0.2, 0) is 0 Å². The van der Waals surface area contributed by atoms with E-state index in [0.717, 1.165) is 17.6 Å². The van der Waals surface area contributed by atoms with Crippen molar-refractivity contribution in [1.29, 1.82) is 0 Å². The Morgan fingerprint density at radius 3 is 3.00 bits per heavy atom. The fourth-order valence-corrected chi connectivity index (χ4v) is 3.10. The van der Waals surface area contributed by atoms with Crippen molar-refractivity contribution in [2.24, 2.45) is 0 Å². The van der Waals surface area contributed by atoms with Crippen LogP contribution >= 0.6 is 15.9 Å². The molecule has 0 aliphatic carbocycles. The first-order valence-corrected chi connectivity index (χ1v) is 7.86. The van der Waals surface area contributed by atoms with Gasteiger partial charge in [-0.15, -0.1) is 0 Å². The third-order valence-electron chi connectivity index (χ3n) is 3.74. The van der Waals surface area contributed by atoms with Gasteiger partial charge in [0.2, 0.25) is 0 Å². The van der Waals surface area contributed by atoms with Gasteiger partial charge < -0.3 is 10.2 Å². The number of rotatable bonds is 4. The molecule has 0 amide bonds. The molecule has 1 atom stereocenters. The highest BCUT2D eigenvalue weighted by molar-refractivity contribution is 9.10. The van der Waals surface area contributed by atoms with Crippen molar-refractivity contribution in [1.82, 2.24) is 9.80 Å². The molecule has 106 valence electrons. The van der Waals surface area contributed by atoms with Gasteiger partial charge in [-0.1, -0.05) is 22.0 Å². The van der Waals surface area contributed by atoms with E-state index in [1.165, 1.54) is 31.7 Å². The number of nitrogens with one attached hydrogen (secondary N) is 1. The first-order chi connectivity index (χ1) is 9.15. The Balaban J connectivity index is 1.78. The van der Waals surface area contributed by atoms with Crippen LogP contribution in [-0.4, -0.2) is 55.6 Å². The molecule has 1 aromatic rings. The summed E-state index contributed by atoms with van der Waals surface area (Å²) in [6, 6.07) is 9.01. The smallest absolute Gasteiger partial charge is 0.0351 e. The van der Waals surface area contributed by atoms with Gasteiger partial charge in [0.25, 0.3) is 0 Å². The van der Waals surface area contributed by atoms with Gasteiger partial charge in [-0.05, 0) is 51.7 Å². The average Bonchev–Trinajstić information content (AvgIpc) is 2.51. The lowest BCUT2D eigenvalue weighted by molar-refractivity contribution is 0.209. The van der Waals surface area contributed by atoms with E-state index in [4.69, 9.17) is 0 Å². The lowest BCUT2D eigenvalue weighted by Crippen LogP contribution is -2.40. The number of hydrogen-bond donors (Lipinski definition) is 1. The molecule has 0 aromatic heterocycles. The molecule has 1 N–H and O–H groups in total. The van der Waals surface area contributed by atoms with Gasteiger partial charge in [-0.3, -0.25) is 4.90 Å². The second-order valence-electron chi connectivity index (χ2n) is 5.44. The fourth-order valence-electron chi connectivity index (χ4n) is 2.70. The molecule has 1 fully saturated rings. The van der Waals surface area contributed by atoms with Crippen LogP contribution in [0.5, 0.6) is 0 Å². The normalized spacial score (nSPS) is 22.2. The molecular formula is C15H24BrN3. The molecule has 0 radical (unpaired) electrons. The second kappa shape index (κ2) is 7.27. The Hall–Kier alpha value is -0.580. The van der Waals surface area contributed by atoms with Gasteiger partial charge in [0.05, 0.1) is 0 Å². The number of halogens is 1. The van der Waals surface area contributed by atoms with Gasteiger partial charge >= 0.3 is 0 Å². The van der Waals surface area contributed by atoms with Crippen molar-refractivity contribution in [2.75, 3.05) is 45.1 Å². The summed E-state index contributed by atoms with van der Waals surface area (Å²) in [5.74, 6) is 0. The lowest BCUT2D eigenvalue weighted by atomic mass is 10.2.